The zero-order valence-electron chi connectivity index (χ0n) is 17.8. The third-order valence-corrected chi connectivity index (χ3v) is 4.28. The van der Waals surface area contributed by atoms with Gasteiger partial charge in [-0.3, -0.25) is 4.79 Å². The Labute approximate surface area is 181 Å². The summed E-state index contributed by atoms with van der Waals surface area (Å²) in [6.07, 6.45) is -0.586. The van der Waals surface area contributed by atoms with Gasteiger partial charge in [-0.2, -0.15) is 0 Å². The maximum absolute atomic E-state index is 12.9. The smallest absolute Gasteiger partial charge is 0.408 e. The number of phenolic OH excluding ortho intramolecular Hbond substituents is 1. The van der Waals surface area contributed by atoms with Crippen molar-refractivity contribution in [3.8, 4) is 5.75 Å². The van der Waals surface area contributed by atoms with Crippen LogP contribution in [0, 0.1) is 0 Å². The second-order valence-electron chi connectivity index (χ2n) is 8.16. The Morgan fingerprint density at radius 2 is 1.42 bits per heavy atom. The molecule has 8 nitrogen and oxygen atoms in total. The second-order valence-corrected chi connectivity index (χ2v) is 8.16. The number of benzene rings is 2. The third-order valence-electron chi connectivity index (χ3n) is 4.28. The van der Waals surface area contributed by atoms with Crippen LogP contribution in [-0.4, -0.2) is 45.9 Å². The fourth-order valence-corrected chi connectivity index (χ4v) is 2.85. The molecule has 0 heterocycles. The van der Waals surface area contributed by atoms with Crippen molar-refractivity contribution in [1.29, 1.82) is 0 Å². The van der Waals surface area contributed by atoms with E-state index in [9.17, 15) is 24.6 Å². The first kappa shape index (κ1) is 23.7. The van der Waals surface area contributed by atoms with Gasteiger partial charge in [-0.05, 0) is 44.0 Å². The van der Waals surface area contributed by atoms with Gasteiger partial charge in [-0.1, -0.05) is 42.5 Å². The van der Waals surface area contributed by atoms with Gasteiger partial charge in [-0.15, -0.1) is 0 Å². The van der Waals surface area contributed by atoms with Crippen molar-refractivity contribution in [2.24, 2.45) is 0 Å². The van der Waals surface area contributed by atoms with E-state index in [4.69, 9.17) is 4.74 Å². The summed E-state index contributed by atoms with van der Waals surface area (Å²) in [5.74, 6) is -1.79. The monoisotopic (exact) mass is 428 g/mol. The van der Waals surface area contributed by atoms with Crippen molar-refractivity contribution in [3.05, 3.63) is 65.7 Å². The Bertz CT molecular complexity index is 891. The standard InChI is InChI=1S/C23H28N2O6/c1-23(2,3)31-22(30)25-18(13-15-7-5-4-6-8-15)20(27)24-19(21(28)29)14-16-9-11-17(26)12-10-16/h4-12,18-19,26H,13-14H2,1-3H3,(H,24,27)(H,25,30)(H,28,29). The minimum absolute atomic E-state index is 0.0197. The Morgan fingerprint density at radius 3 is 1.97 bits per heavy atom. The molecule has 0 aliphatic carbocycles. The zero-order valence-corrected chi connectivity index (χ0v) is 17.8. The van der Waals surface area contributed by atoms with Crippen LogP contribution in [0.4, 0.5) is 4.79 Å². The van der Waals surface area contributed by atoms with E-state index in [0.29, 0.717) is 5.56 Å². The van der Waals surface area contributed by atoms with E-state index in [2.05, 4.69) is 10.6 Å². The molecule has 0 aromatic heterocycles. The van der Waals surface area contributed by atoms with Gasteiger partial charge < -0.3 is 25.6 Å². The summed E-state index contributed by atoms with van der Waals surface area (Å²) < 4.78 is 5.25. The van der Waals surface area contributed by atoms with Crippen molar-refractivity contribution >= 4 is 18.0 Å². The van der Waals surface area contributed by atoms with E-state index in [1.165, 1.54) is 12.1 Å². The number of phenols is 1. The van der Waals surface area contributed by atoms with E-state index in [1.54, 1.807) is 32.9 Å². The van der Waals surface area contributed by atoms with Gasteiger partial charge >= 0.3 is 12.1 Å². The van der Waals surface area contributed by atoms with Crippen molar-refractivity contribution in [2.45, 2.75) is 51.3 Å². The van der Waals surface area contributed by atoms with Crippen LogP contribution in [0.25, 0.3) is 0 Å². The summed E-state index contributed by atoms with van der Waals surface area (Å²) in [6, 6.07) is 12.9. The highest BCUT2D eigenvalue weighted by molar-refractivity contribution is 5.89. The molecule has 166 valence electrons. The largest absolute Gasteiger partial charge is 0.508 e. The zero-order chi connectivity index (χ0) is 23.0. The Morgan fingerprint density at radius 1 is 0.871 bits per heavy atom. The van der Waals surface area contributed by atoms with Crippen LogP contribution in [0.1, 0.15) is 31.9 Å². The molecule has 8 heteroatoms. The van der Waals surface area contributed by atoms with E-state index < -0.39 is 35.7 Å². The lowest BCUT2D eigenvalue weighted by Gasteiger charge is -2.24. The highest BCUT2D eigenvalue weighted by Crippen LogP contribution is 2.12. The number of hydrogen-bond acceptors (Lipinski definition) is 5. The predicted octanol–water partition coefficient (Wildman–Crippen LogP) is 2.64. The Hall–Kier alpha value is -3.55. The summed E-state index contributed by atoms with van der Waals surface area (Å²) in [6.45, 7) is 5.12. The minimum atomic E-state index is -1.21. The van der Waals surface area contributed by atoms with Crippen molar-refractivity contribution < 1.29 is 29.3 Å². The molecule has 0 spiro atoms. The molecule has 31 heavy (non-hydrogen) atoms. The summed E-state index contributed by atoms with van der Waals surface area (Å²) in [4.78, 5) is 36.9. The molecule has 2 aromatic rings. The summed E-state index contributed by atoms with van der Waals surface area (Å²) in [7, 11) is 0. The van der Waals surface area contributed by atoms with Crippen LogP contribution in [-0.2, 0) is 27.2 Å². The van der Waals surface area contributed by atoms with E-state index >= 15 is 0 Å². The van der Waals surface area contributed by atoms with Gasteiger partial charge in [0.05, 0.1) is 0 Å². The molecule has 4 N–H and O–H groups in total. The van der Waals surface area contributed by atoms with Crippen LogP contribution < -0.4 is 10.6 Å². The quantitative estimate of drug-likeness (QED) is 0.512. The Kier molecular flexibility index (Phi) is 8.01. The molecule has 0 bridgehead atoms. The first-order valence-corrected chi connectivity index (χ1v) is 9.88. The topological polar surface area (TPSA) is 125 Å². The molecule has 2 atom stereocenters. The van der Waals surface area contributed by atoms with Gasteiger partial charge in [0.15, 0.2) is 0 Å². The number of carbonyl (C=O) groups excluding carboxylic acids is 2. The Balaban J connectivity index is 2.15. The van der Waals surface area contributed by atoms with Crippen molar-refractivity contribution in [1.82, 2.24) is 10.6 Å². The van der Waals surface area contributed by atoms with Crippen LogP contribution in [0.2, 0.25) is 0 Å². The molecule has 2 unspecified atom stereocenters. The highest BCUT2D eigenvalue weighted by atomic mass is 16.6. The van der Waals surface area contributed by atoms with Crippen LogP contribution in [0.5, 0.6) is 5.75 Å². The third kappa shape index (κ3) is 8.38. The number of carboxylic acid groups (broad SMARTS) is 1. The molecule has 2 aromatic carbocycles. The van der Waals surface area contributed by atoms with E-state index in [0.717, 1.165) is 5.56 Å². The van der Waals surface area contributed by atoms with Crippen molar-refractivity contribution in [2.75, 3.05) is 0 Å². The number of aliphatic carboxylic acids is 1. The highest BCUT2D eigenvalue weighted by Gasteiger charge is 2.28. The fourth-order valence-electron chi connectivity index (χ4n) is 2.85. The normalized spacial score (nSPS) is 13.0. The molecule has 0 aliphatic rings. The maximum Gasteiger partial charge on any atom is 0.408 e. The number of hydrogen-bond donors (Lipinski definition) is 4. The number of carbonyl (C=O) groups is 3. The molecule has 2 rings (SSSR count). The van der Waals surface area contributed by atoms with Gasteiger partial charge in [0, 0.05) is 12.8 Å². The molecule has 0 aliphatic heterocycles. The number of alkyl carbamates (subject to hydrolysis) is 1. The number of carboxylic acids is 1. The predicted molar refractivity (Wildman–Crippen MR) is 115 cm³/mol. The summed E-state index contributed by atoms with van der Waals surface area (Å²) >= 11 is 0. The van der Waals surface area contributed by atoms with Crippen LogP contribution in [0.15, 0.2) is 54.6 Å². The SMILES string of the molecule is CC(C)(C)OC(=O)NC(Cc1ccccc1)C(=O)NC(Cc1ccc(O)cc1)C(=O)O. The van der Waals surface area contributed by atoms with E-state index in [-0.39, 0.29) is 18.6 Å². The summed E-state index contributed by atoms with van der Waals surface area (Å²) in [5, 5.41) is 24.0. The molecule has 0 saturated heterocycles. The number of amides is 2. The van der Waals surface area contributed by atoms with E-state index in [1.807, 2.05) is 30.3 Å². The van der Waals surface area contributed by atoms with Gasteiger partial charge in [-0.25, -0.2) is 9.59 Å². The minimum Gasteiger partial charge on any atom is -0.508 e. The average Bonchev–Trinajstić information content (AvgIpc) is 2.67. The van der Waals surface area contributed by atoms with Crippen LogP contribution in [0.3, 0.4) is 0 Å². The molecular formula is C23H28N2O6. The molecule has 0 radical (unpaired) electrons. The number of nitrogens with one attached hydrogen (secondary N) is 2. The van der Waals surface area contributed by atoms with Gasteiger partial charge in [0.1, 0.15) is 23.4 Å². The number of aromatic hydroxyl groups is 1. The lowest BCUT2D eigenvalue weighted by molar-refractivity contribution is -0.142. The second kappa shape index (κ2) is 10.5. The van der Waals surface area contributed by atoms with Crippen LogP contribution >= 0.6 is 0 Å². The summed E-state index contributed by atoms with van der Waals surface area (Å²) in [5.41, 5.74) is 0.676. The number of rotatable bonds is 8. The van der Waals surface area contributed by atoms with Gasteiger partial charge in [0.2, 0.25) is 5.91 Å². The van der Waals surface area contributed by atoms with Crippen molar-refractivity contribution in [3.63, 3.8) is 0 Å². The maximum atomic E-state index is 12.9. The molecule has 0 saturated carbocycles. The fraction of sp³-hybridized carbons (Fsp3) is 0.348. The molecule has 2 amide bonds. The molecular weight excluding hydrogens is 400 g/mol. The number of ether oxygens (including phenoxy) is 1. The van der Waals surface area contributed by atoms with Gasteiger partial charge in [0.25, 0.3) is 0 Å². The lowest BCUT2D eigenvalue weighted by Crippen LogP contribution is -2.53. The molecule has 0 fully saturated rings. The first-order valence-electron chi connectivity index (χ1n) is 9.88. The lowest BCUT2D eigenvalue weighted by atomic mass is 10.0. The average molecular weight is 428 g/mol. The first-order chi connectivity index (χ1) is 14.5.